The minimum atomic E-state index is -0.371. The van der Waals surface area contributed by atoms with E-state index >= 15 is 0 Å². The van der Waals surface area contributed by atoms with Crippen LogP contribution < -0.4 is 10.6 Å². The molecule has 10 heteroatoms. The number of thiazole rings is 1. The highest BCUT2D eigenvalue weighted by Gasteiger charge is 2.26. The lowest BCUT2D eigenvalue weighted by atomic mass is 10.0. The molecule has 202 valence electrons. The van der Waals surface area contributed by atoms with Crippen molar-refractivity contribution in [3.05, 3.63) is 89.1 Å². The molecule has 4 aromatic rings. The number of thioether (sulfide) groups is 1. The van der Waals surface area contributed by atoms with Gasteiger partial charge in [0.2, 0.25) is 5.91 Å². The lowest BCUT2D eigenvalue weighted by molar-refractivity contribution is -0.113. The number of benzene rings is 2. The molecule has 8 nitrogen and oxygen atoms in total. The van der Waals surface area contributed by atoms with E-state index in [9.17, 15) is 9.59 Å². The summed E-state index contributed by atoms with van der Waals surface area (Å²) in [5.41, 5.74) is 3.55. The smallest absolute Gasteiger partial charge is 0.251 e. The highest BCUT2D eigenvalue weighted by atomic mass is 32.2. The third-order valence-electron chi connectivity index (χ3n) is 6.02. The molecule has 0 aliphatic heterocycles. The second kappa shape index (κ2) is 12.9. The molecule has 0 aliphatic rings. The second-order valence-electron chi connectivity index (χ2n) is 9.43. The van der Waals surface area contributed by atoms with E-state index in [1.807, 2.05) is 86.9 Å². The van der Waals surface area contributed by atoms with E-state index in [0.29, 0.717) is 28.2 Å². The number of hydrogen-bond acceptors (Lipinski definition) is 7. The first-order valence-electron chi connectivity index (χ1n) is 12.6. The van der Waals surface area contributed by atoms with Gasteiger partial charge in [-0.25, -0.2) is 4.98 Å². The van der Waals surface area contributed by atoms with Crippen LogP contribution in [0.5, 0.6) is 0 Å². The van der Waals surface area contributed by atoms with Gasteiger partial charge in [0.1, 0.15) is 0 Å². The average molecular weight is 561 g/mol. The number of aromatic nitrogens is 4. The fourth-order valence-corrected chi connectivity index (χ4v) is 5.60. The minimum Gasteiger partial charge on any atom is -0.342 e. The van der Waals surface area contributed by atoms with E-state index in [4.69, 9.17) is 0 Å². The predicted molar refractivity (Wildman–Crippen MR) is 158 cm³/mol. The van der Waals surface area contributed by atoms with Crippen molar-refractivity contribution in [3.8, 4) is 11.3 Å². The zero-order valence-electron chi connectivity index (χ0n) is 22.5. The van der Waals surface area contributed by atoms with Crippen molar-refractivity contribution in [2.75, 3.05) is 11.1 Å². The van der Waals surface area contributed by atoms with Gasteiger partial charge in [-0.15, -0.1) is 28.1 Å². The van der Waals surface area contributed by atoms with Crippen molar-refractivity contribution in [1.82, 2.24) is 25.1 Å². The fourth-order valence-electron chi connectivity index (χ4n) is 4.00. The Bertz CT molecular complexity index is 1440. The first kappa shape index (κ1) is 28.3. The Kier molecular flexibility index (Phi) is 9.32. The van der Waals surface area contributed by atoms with E-state index in [2.05, 4.69) is 32.4 Å². The molecule has 2 aromatic heterocycles. The number of allylic oxidation sites excluding steroid dienone is 1. The van der Waals surface area contributed by atoms with Gasteiger partial charge in [0.15, 0.2) is 16.1 Å². The van der Waals surface area contributed by atoms with Crippen molar-refractivity contribution in [2.45, 2.75) is 45.4 Å². The molecule has 0 unspecified atom stereocenters. The zero-order chi connectivity index (χ0) is 27.9. The number of rotatable bonds is 11. The number of amides is 2. The van der Waals surface area contributed by atoms with E-state index < -0.39 is 0 Å². The number of nitrogens with zero attached hydrogens (tertiary/aromatic N) is 4. The molecule has 2 amide bonds. The van der Waals surface area contributed by atoms with Crippen molar-refractivity contribution in [1.29, 1.82) is 0 Å². The quantitative estimate of drug-likeness (QED) is 0.171. The van der Waals surface area contributed by atoms with Gasteiger partial charge in [0.05, 0.1) is 17.5 Å². The largest absolute Gasteiger partial charge is 0.342 e. The number of carbonyl (C=O) groups excluding carboxylic acids is 2. The fraction of sp³-hybridized carbons (Fsp3) is 0.276. The zero-order valence-corrected chi connectivity index (χ0v) is 24.1. The van der Waals surface area contributed by atoms with Gasteiger partial charge >= 0.3 is 0 Å². The monoisotopic (exact) mass is 560 g/mol. The Morgan fingerprint density at radius 3 is 2.46 bits per heavy atom. The molecular formula is C29H32N6O2S2. The van der Waals surface area contributed by atoms with E-state index in [1.165, 1.54) is 23.1 Å². The molecule has 2 N–H and O–H groups in total. The van der Waals surface area contributed by atoms with Crippen LogP contribution in [0, 0.1) is 19.8 Å². The van der Waals surface area contributed by atoms with Crippen LogP contribution in [0.25, 0.3) is 11.3 Å². The van der Waals surface area contributed by atoms with Crippen LogP contribution in [-0.2, 0) is 11.3 Å². The van der Waals surface area contributed by atoms with Crippen molar-refractivity contribution in [2.24, 2.45) is 5.92 Å². The summed E-state index contributed by atoms with van der Waals surface area (Å²) in [6, 6.07) is 17.0. The maximum Gasteiger partial charge on any atom is 0.251 e. The van der Waals surface area contributed by atoms with Crippen LogP contribution >= 0.6 is 23.1 Å². The molecule has 2 heterocycles. The van der Waals surface area contributed by atoms with Crippen LogP contribution in [0.2, 0.25) is 0 Å². The molecule has 0 spiro atoms. The van der Waals surface area contributed by atoms with Crippen molar-refractivity contribution < 1.29 is 9.59 Å². The number of nitrogens with one attached hydrogen (secondary N) is 2. The maximum atomic E-state index is 13.0. The Balaban J connectivity index is 1.45. The van der Waals surface area contributed by atoms with Crippen molar-refractivity contribution >= 4 is 40.0 Å². The molecule has 0 saturated heterocycles. The standard InChI is InChI=1S/C29H32N6O2S2/c1-6-16-35-26(24(18(2)3)31-27(37)22-14-12-19(4)13-15-22)33-34-29(35)38-17-23(36)30-28-32-25(20(5)39-28)21-10-8-7-9-11-21/h6-15,18,24H,1,16-17H2,2-5H3,(H,31,37)(H,30,32,36)/t24-/m0/s1. The van der Waals surface area contributed by atoms with Gasteiger partial charge in [-0.1, -0.05) is 79.7 Å². The van der Waals surface area contributed by atoms with Crippen LogP contribution in [-0.4, -0.2) is 37.3 Å². The topological polar surface area (TPSA) is 102 Å². The highest BCUT2D eigenvalue weighted by Crippen LogP contribution is 2.31. The highest BCUT2D eigenvalue weighted by molar-refractivity contribution is 7.99. The summed E-state index contributed by atoms with van der Waals surface area (Å²) >= 11 is 2.73. The summed E-state index contributed by atoms with van der Waals surface area (Å²) < 4.78 is 1.89. The van der Waals surface area contributed by atoms with E-state index in [1.54, 1.807) is 6.08 Å². The number of anilines is 1. The van der Waals surface area contributed by atoms with Crippen LogP contribution in [0.4, 0.5) is 5.13 Å². The maximum absolute atomic E-state index is 13.0. The molecule has 0 fully saturated rings. The summed E-state index contributed by atoms with van der Waals surface area (Å²) in [6.45, 7) is 12.3. The third-order valence-corrected chi connectivity index (χ3v) is 7.88. The first-order chi connectivity index (χ1) is 18.8. The van der Waals surface area contributed by atoms with Crippen molar-refractivity contribution in [3.63, 3.8) is 0 Å². The number of carbonyl (C=O) groups is 2. The van der Waals surface area contributed by atoms with Gasteiger partial charge in [0.25, 0.3) is 5.91 Å². The van der Waals surface area contributed by atoms with Crippen LogP contribution in [0.3, 0.4) is 0 Å². The molecule has 0 saturated carbocycles. The Morgan fingerprint density at radius 1 is 1.08 bits per heavy atom. The molecule has 0 aliphatic carbocycles. The van der Waals surface area contributed by atoms with Gasteiger partial charge in [-0.3, -0.25) is 9.59 Å². The summed E-state index contributed by atoms with van der Waals surface area (Å²) in [4.78, 5) is 31.4. The Morgan fingerprint density at radius 2 is 1.79 bits per heavy atom. The number of hydrogen-bond donors (Lipinski definition) is 2. The molecule has 2 aromatic carbocycles. The Labute approximate surface area is 237 Å². The number of aryl methyl sites for hydroxylation is 2. The van der Waals surface area contributed by atoms with Gasteiger partial charge in [-0.05, 0) is 31.9 Å². The molecule has 0 bridgehead atoms. The molecular weight excluding hydrogens is 528 g/mol. The molecule has 39 heavy (non-hydrogen) atoms. The van der Waals surface area contributed by atoms with Gasteiger partial charge < -0.3 is 15.2 Å². The van der Waals surface area contributed by atoms with Crippen LogP contribution in [0.15, 0.2) is 72.4 Å². The Hall–Kier alpha value is -3.76. The average Bonchev–Trinajstić information content (AvgIpc) is 3.49. The third kappa shape index (κ3) is 7.01. The molecule has 1 atom stereocenters. The molecule has 4 rings (SSSR count). The summed E-state index contributed by atoms with van der Waals surface area (Å²) in [6.07, 6.45) is 1.75. The lowest BCUT2D eigenvalue weighted by Crippen LogP contribution is -2.33. The summed E-state index contributed by atoms with van der Waals surface area (Å²) in [7, 11) is 0. The van der Waals surface area contributed by atoms with E-state index in [-0.39, 0.29) is 29.5 Å². The van der Waals surface area contributed by atoms with Gasteiger partial charge in [0, 0.05) is 22.5 Å². The normalized spacial score (nSPS) is 11.8. The lowest BCUT2D eigenvalue weighted by Gasteiger charge is -2.22. The minimum absolute atomic E-state index is 0.0558. The van der Waals surface area contributed by atoms with Gasteiger partial charge in [-0.2, -0.15) is 0 Å². The summed E-state index contributed by atoms with van der Waals surface area (Å²) in [5, 5.41) is 15.9. The van der Waals surface area contributed by atoms with Crippen LogP contribution in [0.1, 0.15) is 46.5 Å². The summed E-state index contributed by atoms with van der Waals surface area (Å²) in [5.74, 6) is 0.452. The predicted octanol–water partition coefficient (Wildman–Crippen LogP) is 6.06. The second-order valence-corrected chi connectivity index (χ2v) is 11.6. The van der Waals surface area contributed by atoms with E-state index in [0.717, 1.165) is 21.7 Å². The SMILES string of the molecule is C=CCn1c(SCC(=O)Nc2nc(-c3ccccc3)c(C)s2)nnc1[C@@H](NC(=O)c1ccc(C)cc1)C(C)C. The molecule has 0 radical (unpaired) electrons. The first-order valence-corrected chi connectivity index (χ1v) is 14.4.